The van der Waals surface area contributed by atoms with Gasteiger partial charge < -0.3 is 10.1 Å². The van der Waals surface area contributed by atoms with Crippen LogP contribution in [0.5, 0.6) is 5.75 Å². The summed E-state index contributed by atoms with van der Waals surface area (Å²) in [5, 5.41) is 6.76. The number of rotatable bonds is 5. The molecule has 0 aliphatic heterocycles. The molecule has 1 aromatic carbocycles. The van der Waals surface area contributed by atoms with E-state index in [1.807, 2.05) is 23.7 Å². The van der Waals surface area contributed by atoms with Crippen molar-refractivity contribution < 1.29 is 4.74 Å². The first-order valence-electron chi connectivity index (χ1n) is 6.27. The molecule has 0 bridgehead atoms. The van der Waals surface area contributed by atoms with Gasteiger partial charge in [0.15, 0.2) is 0 Å². The molecule has 5 heteroatoms. The predicted molar refractivity (Wildman–Crippen MR) is 80.8 cm³/mol. The number of hydrogen-bond acceptors (Lipinski definition) is 4. The van der Waals surface area contributed by atoms with Crippen LogP contribution < -0.4 is 10.1 Å². The van der Waals surface area contributed by atoms with E-state index in [4.69, 9.17) is 4.74 Å². The first-order chi connectivity index (χ1) is 9.28. The Bertz CT molecular complexity index is 555. The fourth-order valence-corrected chi connectivity index (χ4v) is 3.18. The van der Waals surface area contributed by atoms with E-state index >= 15 is 0 Å². The van der Waals surface area contributed by atoms with Crippen molar-refractivity contribution in [1.29, 1.82) is 0 Å². The Morgan fingerprint density at radius 1 is 1.47 bits per heavy atom. The zero-order valence-corrected chi connectivity index (χ0v) is 13.0. The van der Waals surface area contributed by atoms with E-state index in [9.17, 15) is 0 Å². The standard InChI is InChI=1S/C14H15BrN2OS/c1-18-12-5-2-9(15)8-11(12)13(17-10-3-4-10)14-16-6-7-19-14/h2,5-8,10,13,17H,3-4H2,1H3. The molecule has 0 amide bonds. The van der Waals surface area contributed by atoms with Gasteiger partial charge in [-0.2, -0.15) is 0 Å². The molecular formula is C14H15BrN2OS. The molecule has 1 heterocycles. The van der Waals surface area contributed by atoms with E-state index < -0.39 is 0 Å². The molecule has 2 aromatic rings. The molecule has 1 N–H and O–H groups in total. The van der Waals surface area contributed by atoms with Gasteiger partial charge >= 0.3 is 0 Å². The van der Waals surface area contributed by atoms with Crippen LogP contribution in [0.1, 0.15) is 29.5 Å². The first kappa shape index (κ1) is 13.1. The second kappa shape index (κ2) is 5.61. The molecule has 3 rings (SSSR count). The fourth-order valence-electron chi connectivity index (χ4n) is 2.09. The minimum absolute atomic E-state index is 0.111. The predicted octanol–water partition coefficient (Wildman–Crippen LogP) is 3.76. The number of nitrogens with zero attached hydrogens (tertiary/aromatic N) is 1. The van der Waals surface area contributed by atoms with E-state index in [0.29, 0.717) is 6.04 Å². The van der Waals surface area contributed by atoms with Crippen LogP contribution in [-0.2, 0) is 0 Å². The van der Waals surface area contributed by atoms with Gasteiger partial charge in [0.2, 0.25) is 0 Å². The number of hydrogen-bond donors (Lipinski definition) is 1. The minimum atomic E-state index is 0.111. The van der Waals surface area contributed by atoms with E-state index in [2.05, 4.69) is 32.3 Å². The molecule has 1 fully saturated rings. The number of halogens is 1. The summed E-state index contributed by atoms with van der Waals surface area (Å²) in [6.45, 7) is 0. The lowest BCUT2D eigenvalue weighted by Crippen LogP contribution is -2.24. The number of aromatic nitrogens is 1. The van der Waals surface area contributed by atoms with Crippen molar-refractivity contribution in [3.05, 3.63) is 44.8 Å². The summed E-state index contributed by atoms with van der Waals surface area (Å²) in [6.07, 6.45) is 4.35. The summed E-state index contributed by atoms with van der Waals surface area (Å²) in [7, 11) is 1.71. The summed E-state index contributed by atoms with van der Waals surface area (Å²) in [5.41, 5.74) is 1.14. The highest BCUT2D eigenvalue weighted by Crippen LogP contribution is 2.35. The third-order valence-electron chi connectivity index (χ3n) is 3.18. The third kappa shape index (κ3) is 2.99. The molecule has 1 saturated carbocycles. The smallest absolute Gasteiger partial charge is 0.124 e. The molecule has 1 aliphatic carbocycles. The van der Waals surface area contributed by atoms with E-state index in [1.54, 1.807) is 18.4 Å². The molecule has 100 valence electrons. The third-order valence-corrected chi connectivity index (χ3v) is 4.51. The van der Waals surface area contributed by atoms with Gasteiger partial charge in [-0.05, 0) is 31.0 Å². The average molecular weight is 339 g/mol. The van der Waals surface area contributed by atoms with Crippen molar-refractivity contribution in [2.45, 2.75) is 24.9 Å². The first-order valence-corrected chi connectivity index (χ1v) is 7.94. The van der Waals surface area contributed by atoms with E-state index in [-0.39, 0.29) is 6.04 Å². The fraction of sp³-hybridized carbons (Fsp3) is 0.357. The quantitative estimate of drug-likeness (QED) is 0.901. The maximum absolute atomic E-state index is 5.50. The molecule has 0 saturated heterocycles. The van der Waals surface area contributed by atoms with Crippen molar-refractivity contribution >= 4 is 27.3 Å². The second-order valence-electron chi connectivity index (χ2n) is 4.63. The lowest BCUT2D eigenvalue weighted by Gasteiger charge is -2.19. The summed E-state index contributed by atoms with van der Waals surface area (Å²) in [5.74, 6) is 0.900. The van der Waals surface area contributed by atoms with Crippen LogP contribution >= 0.6 is 27.3 Å². The van der Waals surface area contributed by atoms with Gasteiger partial charge in [-0.15, -0.1) is 11.3 Å². The van der Waals surface area contributed by atoms with Crippen LogP contribution in [0.4, 0.5) is 0 Å². The number of methoxy groups -OCH3 is 1. The molecular weight excluding hydrogens is 324 g/mol. The number of thiazole rings is 1. The zero-order chi connectivity index (χ0) is 13.2. The van der Waals surface area contributed by atoms with Crippen LogP contribution in [0.3, 0.4) is 0 Å². The Morgan fingerprint density at radius 3 is 2.95 bits per heavy atom. The van der Waals surface area contributed by atoms with Crippen molar-refractivity contribution in [2.75, 3.05) is 7.11 Å². The van der Waals surface area contributed by atoms with Gasteiger partial charge in [0, 0.05) is 27.7 Å². The summed E-state index contributed by atoms with van der Waals surface area (Å²) < 4.78 is 6.56. The number of benzene rings is 1. The number of nitrogens with one attached hydrogen (secondary N) is 1. The molecule has 0 radical (unpaired) electrons. The van der Waals surface area contributed by atoms with Gasteiger partial charge in [-0.25, -0.2) is 4.98 Å². The highest BCUT2D eigenvalue weighted by Gasteiger charge is 2.29. The molecule has 1 atom stereocenters. The highest BCUT2D eigenvalue weighted by molar-refractivity contribution is 9.10. The Morgan fingerprint density at radius 2 is 2.32 bits per heavy atom. The lowest BCUT2D eigenvalue weighted by atomic mass is 10.1. The van der Waals surface area contributed by atoms with Gasteiger partial charge in [0.1, 0.15) is 10.8 Å². The van der Waals surface area contributed by atoms with Crippen LogP contribution in [0.2, 0.25) is 0 Å². The van der Waals surface area contributed by atoms with Crippen molar-refractivity contribution in [2.24, 2.45) is 0 Å². The Hall–Kier alpha value is -0.910. The van der Waals surface area contributed by atoms with Crippen LogP contribution in [0.15, 0.2) is 34.2 Å². The lowest BCUT2D eigenvalue weighted by molar-refractivity contribution is 0.403. The molecule has 0 spiro atoms. The van der Waals surface area contributed by atoms with E-state index in [0.717, 1.165) is 20.8 Å². The Kier molecular flexibility index (Phi) is 3.86. The normalized spacial score (nSPS) is 16.3. The summed E-state index contributed by atoms with van der Waals surface area (Å²) in [4.78, 5) is 4.46. The SMILES string of the molecule is COc1ccc(Br)cc1C(NC1CC1)c1nccs1. The average Bonchev–Trinajstić information content (AvgIpc) is 3.08. The van der Waals surface area contributed by atoms with E-state index in [1.165, 1.54) is 12.8 Å². The van der Waals surface area contributed by atoms with Crippen molar-refractivity contribution in [1.82, 2.24) is 10.3 Å². The van der Waals surface area contributed by atoms with Crippen molar-refractivity contribution in [3.63, 3.8) is 0 Å². The highest BCUT2D eigenvalue weighted by atomic mass is 79.9. The second-order valence-corrected chi connectivity index (χ2v) is 6.47. The van der Waals surface area contributed by atoms with Crippen LogP contribution in [0.25, 0.3) is 0 Å². The topological polar surface area (TPSA) is 34.1 Å². The minimum Gasteiger partial charge on any atom is -0.496 e. The largest absolute Gasteiger partial charge is 0.496 e. The van der Waals surface area contributed by atoms with Gasteiger partial charge in [-0.1, -0.05) is 15.9 Å². The summed E-state index contributed by atoms with van der Waals surface area (Å²) in [6, 6.07) is 6.82. The molecule has 1 aliphatic rings. The molecule has 1 unspecified atom stereocenters. The molecule has 19 heavy (non-hydrogen) atoms. The maximum atomic E-state index is 5.50. The summed E-state index contributed by atoms with van der Waals surface area (Å²) >= 11 is 5.21. The monoisotopic (exact) mass is 338 g/mol. The van der Waals surface area contributed by atoms with Crippen LogP contribution in [0, 0.1) is 0 Å². The van der Waals surface area contributed by atoms with Gasteiger partial charge in [-0.3, -0.25) is 0 Å². The Labute approximate surface area is 125 Å². The van der Waals surface area contributed by atoms with Crippen LogP contribution in [-0.4, -0.2) is 18.1 Å². The van der Waals surface area contributed by atoms with Gasteiger partial charge in [0.05, 0.1) is 13.2 Å². The van der Waals surface area contributed by atoms with Gasteiger partial charge in [0.25, 0.3) is 0 Å². The van der Waals surface area contributed by atoms with Crippen molar-refractivity contribution in [3.8, 4) is 5.75 Å². The molecule has 1 aromatic heterocycles. The molecule has 3 nitrogen and oxygen atoms in total. The number of ether oxygens (including phenoxy) is 1. The zero-order valence-electron chi connectivity index (χ0n) is 10.6. The maximum Gasteiger partial charge on any atom is 0.124 e. The Balaban J connectivity index is 2.00.